The molecule has 0 saturated heterocycles. The van der Waals surface area contributed by atoms with Crippen LogP contribution in [0.5, 0.6) is 0 Å². The first-order valence-electron chi connectivity index (χ1n) is 30.6. The first-order valence-corrected chi connectivity index (χ1v) is 34.2. The highest BCUT2D eigenvalue weighted by Crippen LogP contribution is 2.00. The molecule has 0 spiro atoms. The lowest BCUT2D eigenvalue weighted by Gasteiger charge is -1.76. The van der Waals surface area contributed by atoms with Gasteiger partial charge < -0.3 is 33.1 Å². The van der Waals surface area contributed by atoms with Crippen LogP contribution in [0.1, 0.15) is 208 Å². The van der Waals surface area contributed by atoms with Crippen molar-refractivity contribution in [2.75, 3.05) is 0 Å². The van der Waals surface area contributed by atoms with E-state index in [9.17, 15) is 0 Å². The van der Waals surface area contributed by atoms with E-state index in [0.29, 0.717) is 0 Å². The van der Waals surface area contributed by atoms with Gasteiger partial charge in [-0.25, -0.2) is 19.9 Å². The smallest absolute Gasteiger partial charge is 0.133 e. The Hall–Kier alpha value is -7.01. The third-order valence-electron chi connectivity index (χ3n) is 6.47. The van der Waals surface area contributed by atoms with Gasteiger partial charge in [0.25, 0.3) is 0 Å². The molecule has 0 aliphatic rings. The Balaban J connectivity index is -0.0000000798. The zero-order chi connectivity index (χ0) is 70.5. The van der Waals surface area contributed by atoms with Crippen molar-refractivity contribution in [3.05, 3.63) is 194 Å². The maximum atomic E-state index is 4.58. The maximum absolute atomic E-state index is 4.58. The molecule has 0 unspecified atom stereocenters. The fourth-order valence-corrected chi connectivity index (χ4v) is 5.19. The van der Waals surface area contributed by atoms with Crippen molar-refractivity contribution < 1.29 is 13.6 Å². The van der Waals surface area contributed by atoms with E-state index >= 15 is 0 Å². The van der Waals surface area contributed by atoms with Gasteiger partial charge in [-0.15, -0.1) is 34.0 Å². The van der Waals surface area contributed by atoms with Crippen LogP contribution in [-0.2, 0) is 7.05 Å². The number of nitrogens with zero attached hydrogens (tertiary/aromatic N) is 12. The van der Waals surface area contributed by atoms with E-state index in [2.05, 4.69) is 83.3 Å². The molecule has 11 rings (SSSR count). The summed E-state index contributed by atoms with van der Waals surface area (Å²) < 4.78 is 19.4. The minimum atomic E-state index is 0.856. The number of hydrogen-bond donors (Lipinski definition) is 3. The Labute approximate surface area is 553 Å². The summed E-state index contributed by atoms with van der Waals surface area (Å²) >= 11 is 6.45. The molecule has 18 nitrogen and oxygen atoms in total. The summed E-state index contributed by atoms with van der Waals surface area (Å²) in [6.45, 7) is 63.5. The van der Waals surface area contributed by atoms with Crippen LogP contribution in [0.3, 0.4) is 0 Å². The first-order chi connectivity index (χ1) is 42.8. The number of H-pyrrole nitrogens is 3. The van der Waals surface area contributed by atoms with Crippen molar-refractivity contribution in [1.82, 2.24) is 74.3 Å². The van der Waals surface area contributed by atoms with Gasteiger partial charge in [-0.3, -0.25) is 15.0 Å². The molecule has 11 aromatic heterocycles. The second-order valence-electron chi connectivity index (χ2n) is 12.8. The largest absolute Gasteiger partial charge is 0.365 e. The molecule has 0 saturated carbocycles. The van der Waals surface area contributed by atoms with E-state index in [1.54, 1.807) is 127 Å². The standard InChI is InChI=1S/4C4H6N2.3C4H5NO.4C4H5NS.11C2H6/c2*1-4-2-5-3-6-4;1-6-3-2-5-4-6;1-4-5-2-3-6-4;1-4-2-5-6-3-4;1-4-2-3-6-5-4;1-4-2-3-5-6-4;1-4-2-6-3-5-4;1-4-2-5-3-6-4;1-4-5-2-3-6-4;1-4-2-3-6-5-4;11*1-2/h2*2-3H,1H3,(H,5,6);2-4H,1H3;2-3H,1H3,(H,5,6);7*2-3H,1H3;11*1-2H3. The molecule has 0 bridgehead atoms. The predicted octanol–water partition coefficient (Wildman–Crippen LogP) is 22.6. The van der Waals surface area contributed by atoms with Gasteiger partial charge in [-0.05, 0) is 86.8 Å². The summed E-state index contributed by atoms with van der Waals surface area (Å²) in [5.41, 5.74) is 10.1. The van der Waals surface area contributed by atoms with Gasteiger partial charge in [-0.2, -0.15) is 4.37 Å². The molecule has 0 amide bonds. The summed E-state index contributed by atoms with van der Waals surface area (Å²) in [4.78, 5) is 36.8. The topological polar surface area (TPSA) is 234 Å². The molecule has 0 aliphatic heterocycles. The molecule has 11 aromatic rings. The van der Waals surface area contributed by atoms with Gasteiger partial charge in [0.15, 0.2) is 0 Å². The number of thiazole rings is 3. The molecule has 22 heteroatoms. The van der Waals surface area contributed by atoms with Gasteiger partial charge in [0.05, 0.1) is 58.8 Å². The van der Waals surface area contributed by atoms with E-state index in [4.69, 9.17) is 0 Å². The minimum absolute atomic E-state index is 0.856. The number of aromatic nitrogens is 15. The van der Waals surface area contributed by atoms with Crippen LogP contribution < -0.4 is 0 Å². The third-order valence-corrected chi connectivity index (χ3v) is 9.23. The van der Waals surface area contributed by atoms with Crippen LogP contribution in [0, 0.1) is 69.2 Å². The second kappa shape index (κ2) is 102. The monoisotopic (exact) mass is 1300 g/mol. The fraction of sp³-hybridized carbons (Fsp3) is 0.500. The van der Waals surface area contributed by atoms with Crippen molar-refractivity contribution in [3.8, 4) is 0 Å². The van der Waals surface area contributed by atoms with Crippen molar-refractivity contribution in [1.29, 1.82) is 0 Å². The third kappa shape index (κ3) is 98.1. The molecule has 0 atom stereocenters. The molecular formula is C66H125N15O3S4. The zero-order valence-corrected chi connectivity index (χ0v) is 64.3. The molecule has 0 fully saturated rings. The number of hydrogen-bond acceptors (Lipinski definition) is 18. The highest BCUT2D eigenvalue weighted by molar-refractivity contribution is 7.09. The number of aryl methyl sites for hydroxylation is 11. The molecule has 0 aliphatic carbocycles. The van der Waals surface area contributed by atoms with E-state index in [1.165, 1.54) is 16.4 Å². The van der Waals surface area contributed by atoms with E-state index in [0.717, 1.165) is 50.6 Å². The lowest BCUT2D eigenvalue weighted by Crippen LogP contribution is -1.76. The second-order valence-corrected chi connectivity index (χ2v) is 16.3. The molecule has 506 valence electrons. The molecule has 0 aromatic carbocycles. The number of aromatic amines is 3. The van der Waals surface area contributed by atoms with E-state index in [-0.39, 0.29) is 0 Å². The van der Waals surface area contributed by atoms with E-state index < -0.39 is 0 Å². The summed E-state index contributed by atoms with van der Waals surface area (Å²) in [6, 6.07) is 5.60. The van der Waals surface area contributed by atoms with Crippen molar-refractivity contribution in [2.24, 2.45) is 7.05 Å². The zero-order valence-electron chi connectivity index (χ0n) is 61.0. The molecule has 3 N–H and O–H groups in total. The first kappa shape index (κ1) is 106. The van der Waals surface area contributed by atoms with Crippen molar-refractivity contribution in [2.45, 2.75) is 222 Å². The van der Waals surface area contributed by atoms with Gasteiger partial charge in [-0.1, -0.05) is 168 Å². The van der Waals surface area contributed by atoms with Crippen LogP contribution in [-0.4, -0.2) is 74.3 Å². The lowest BCUT2D eigenvalue weighted by molar-refractivity contribution is 0.397. The summed E-state index contributed by atoms with van der Waals surface area (Å²) in [7, 11) is 1.94. The van der Waals surface area contributed by atoms with Gasteiger partial charge >= 0.3 is 0 Å². The quantitative estimate of drug-likeness (QED) is 0.128. The molecule has 0 radical (unpaired) electrons. The average Bonchev–Trinajstić information content (AvgIpc) is 4.40. The van der Waals surface area contributed by atoms with Crippen LogP contribution in [0.15, 0.2) is 152 Å². The molecule has 88 heavy (non-hydrogen) atoms. The number of nitrogens with one attached hydrogen (secondary N) is 3. The predicted molar refractivity (Wildman–Crippen MR) is 389 cm³/mol. The molecule has 11 heterocycles. The van der Waals surface area contributed by atoms with Gasteiger partial charge in [0.2, 0.25) is 0 Å². The van der Waals surface area contributed by atoms with Crippen LogP contribution >= 0.6 is 45.5 Å². The summed E-state index contributed by atoms with van der Waals surface area (Å²) in [5.74, 6) is 1.82. The normalized spacial score (nSPS) is 7.38. The molecular weight excluding hydrogens is 1180 g/mol. The summed E-state index contributed by atoms with van der Waals surface area (Å²) in [5, 5.41) is 17.5. The Morgan fingerprint density at radius 1 is 0.477 bits per heavy atom. The van der Waals surface area contributed by atoms with Crippen LogP contribution in [0.25, 0.3) is 0 Å². The minimum Gasteiger partial charge on any atom is -0.365 e. The SMILES string of the molecule is CC.CC.CC.CC.CC.CC.CC.CC.CC.CC.CC.Cc1ccno1.Cc1ccon1.Cc1ccsn1.Cc1cnc[nH]1.Cc1cnc[nH]1.Cc1cncs1.Cc1cnoc1.Cc1cscn1.Cc1ncc[nH]1.Cc1nccs1.Cn1ccnc1. The fourth-order valence-electron chi connectivity index (χ4n) is 3.25. The van der Waals surface area contributed by atoms with Crippen molar-refractivity contribution >= 4 is 45.5 Å². The Kier molecular flexibility index (Phi) is 122. The Morgan fingerprint density at radius 3 is 1.16 bits per heavy atom. The van der Waals surface area contributed by atoms with Crippen molar-refractivity contribution in [3.63, 3.8) is 0 Å². The highest BCUT2D eigenvalue weighted by Gasteiger charge is 1.81. The Morgan fingerprint density at radius 2 is 1.05 bits per heavy atom. The lowest BCUT2D eigenvalue weighted by atomic mass is 10.4. The maximum Gasteiger partial charge on any atom is 0.133 e. The highest BCUT2D eigenvalue weighted by atomic mass is 32.1. The number of imidazole rings is 4. The van der Waals surface area contributed by atoms with Crippen LogP contribution in [0.4, 0.5) is 0 Å². The van der Waals surface area contributed by atoms with E-state index in [1.807, 2.05) is 279 Å². The van der Waals surface area contributed by atoms with Gasteiger partial charge in [0.1, 0.15) is 24.1 Å². The summed E-state index contributed by atoms with van der Waals surface area (Å²) in [6.07, 6.45) is 25.9. The average molecular weight is 1310 g/mol. The van der Waals surface area contributed by atoms with Crippen LogP contribution in [0.2, 0.25) is 0 Å². The Bertz CT molecular complexity index is 1850. The van der Waals surface area contributed by atoms with Gasteiger partial charge in [0, 0.05) is 112 Å². The number of rotatable bonds is 0.